The van der Waals surface area contributed by atoms with Gasteiger partial charge in [0.2, 0.25) is 5.91 Å². The molecule has 1 atom stereocenters. The van der Waals surface area contributed by atoms with E-state index in [-0.39, 0.29) is 5.91 Å². The number of carbonyl (C=O) groups is 1. The lowest BCUT2D eigenvalue weighted by Gasteiger charge is -2.14. The number of aryl methyl sites for hydroxylation is 1. The molecule has 1 unspecified atom stereocenters. The highest BCUT2D eigenvalue weighted by Crippen LogP contribution is 2.17. The molecule has 0 bridgehead atoms. The topological polar surface area (TPSA) is 82.6 Å². The van der Waals surface area contributed by atoms with Crippen molar-refractivity contribution < 1.29 is 4.79 Å². The van der Waals surface area contributed by atoms with Crippen LogP contribution in [-0.2, 0) is 17.9 Å². The molecule has 0 fully saturated rings. The molecule has 0 saturated heterocycles. The first-order valence-electron chi connectivity index (χ1n) is 8.13. The first-order valence-corrected chi connectivity index (χ1v) is 8.51. The van der Waals surface area contributed by atoms with Crippen molar-refractivity contribution in [2.24, 2.45) is 0 Å². The average Bonchev–Trinajstić information content (AvgIpc) is 3.31. The number of carbonyl (C=O) groups excluding carboxylic acids is 1. The molecule has 3 heterocycles. The number of nitrogens with one attached hydrogen (secondary N) is 1. The molecule has 132 valence electrons. The molecular formula is C16H20ClN7O. The minimum Gasteiger partial charge on any atom is -0.322 e. The van der Waals surface area contributed by atoms with Crippen LogP contribution in [0.3, 0.4) is 0 Å². The SMILES string of the molecule is CCC(C(=O)Nc1cnn(Cc2cnn(CC)c2)c1)n1cc(Cl)cn1. The van der Waals surface area contributed by atoms with Crippen molar-refractivity contribution in [1.29, 1.82) is 0 Å². The predicted molar refractivity (Wildman–Crippen MR) is 94.4 cm³/mol. The molecule has 0 aliphatic heterocycles. The summed E-state index contributed by atoms with van der Waals surface area (Å²) >= 11 is 5.88. The van der Waals surface area contributed by atoms with Crippen LogP contribution in [0.15, 0.2) is 37.2 Å². The Labute approximate surface area is 150 Å². The number of anilines is 1. The normalized spacial score (nSPS) is 12.3. The predicted octanol–water partition coefficient (Wildman–Crippen LogP) is 2.59. The van der Waals surface area contributed by atoms with Crippen molar-refractivity contribution in [2.45, 2.75) is 39.4 Å². The smallest absolute Gasteiger partial charge is 0.249 e. The summed E-state index contributed by atoms with van der Waals surface area (Å²) in [7, 11) is 0. The Bertz CT molecular complexity index is 850. The molecule has 1 amide bonds. The molecule has 9 heteroatoms. The second-order valence-electron chi connectivity index (χ2n) is 5.68. The van der Waals surface area contributed by atoms with Gasteiger partial charge in [-0.25, -0.2) is 0 Å². The minimum absolute atomic E-state index is 0.152. The molecule has 3 aromatic rings. The molecule has 1 N–H and O–H groups in total. The van der Waals surface area contributed by atoms with Crippen LogP contribution >= 0.6 is 11.6 Å². The molecule has 3 rings (SSSR count). The summed E-state index contributed by atoms with van der Waals surface area (Å²) in [5, 5.41) is 16.0. The third-order valence-electron chi connectivity index (χ3n) is 3.83. The third-order valence-corrected chi connectivity index (χ3v) is 4.03. The summed E-state index contributed by atoms with van der Waals surface area (Å²) in [6, 6.07) is -0.418. The Balaban J connectivity index is 1.64. The van der Waals surface area contributed by atoms with Gasteiger partial charge < -0.3 is 5.32 Å². The van der Waals surface area contributed by atoms with Gasteiger partial charge in [-0.05, 0) is 13.3 Å². The van der Waals surface area contributed by atoms with Crippen LogP contribution in [0.2, 0.25) is 5.02 Å². The quantitative estimate of drug-likeness (QED) is 0.701. The highest BCUT2D eigenvalue weighted by molar-refractivity contribution is 6.30. The van der Waals surface area contributed by atoms with Crippen molar-refractivity contribution in [2.75, 3.05) is 5.32 Å². The van der Waals surface area contributed by atoms with Gasteiger partial charge >= 0.3 is 0 Å². The van der Waals surface area contributed by atoms with Crippen LogP contribution in [0.4, 0.5) is 5.69 Å². The molecule has 0 aromatic carbocycles. The lowest BCUT2D eigenvalue weighted by Crippen LogP contribution is -2.25. The van der Waals surface area contributed by atoms with Crippen molar-refractivity contribution in [1.82, 2.24) is 29.3 Å². The van der Waals surface area contributed by atoms with E-state index in [0.717, 1.165) is 12.1 Å². The Morgan fingerprint density at radius 2 is 1.92 bits per heavy atom. The number of amides is 1. The molecular weight excluding hydrogens is 342 g/mol. The van der Waals surface area contributed by atoms with E-state index in [0.29, 0.717) is 23.7 Å². The number of halogens is 1. The molecule has 8 nitrogen and oxygen atoms in total. The van der Waals surface area contributed by atoms with Gasteiger partial charge in [0.15, 0.2) is 0 Å². The van der Waals surface area contributed by atoms with E-state index in [2.05, 4.69) is 20.6 Å². The molecule has 0 radical (unpaired) electrons. The van der Waals surface area contributed by atoms with E-state index >= 15 is 0 Å². The zero-order chi connectivity index (χ0) is 17.8. The van der Waals surface area contributed by atoms with Crippen LogP contribution < -0.4 is 5.32 Å². The highest BCUT2D eigenvalue weighted by Gasteiger charge is 2.20. The summed E-state index contributed by atoms with van der Waals surface area (Å²) in [5.41, 5.74) is 1.70. The van der Waals surface area contributed by atoms with Gasteiger partial charge in [0.05, 0.1) is 35.8 Å². The average molecular weight is 362 g/mol. The monoisotopic (exact) mass is 361 g/mol. The zero-order valence-corrected chi connectivity index (χ0v) is 14.9. The van der Waals surface area contributed by atoms with Gasteiger partial charge in [-0.2, -0.15) is 15.3 Å². The Hall–Kier alpha value is -2.61. The number of rotatable bonds is 7. The fraction of sp³-hybridized carbons (Fsp3) is 0.375. The van der Waals surface area contributed by atoms with Crippen LogP contribution in [0.5, 0.6) is 0 Å². The van der Waals surface area contributed by atoms with Crippen LogP contribution in [-0.4, -0.2) is 35.2 Å². The molecule has 25 heavy (non-hydrogen) atoms. The zero-order valence-electron chi connectivity index (χ0n) is 14.1. The van der Waals surface area contributed by atoms with E-state index in [1.165, 1.54) is 6.20 Å². The molecule has 0 aliphatic rings. The standard InChI is InChI=1S/C16H20ClN7O/c1-3-15(24-10-13(17)6-20-24)16(25)21-14-7-19-23(11-14)9-12-5-18-22(4-2)8-12/h5-8,10-11,15H,3-4,9H2,1-2H3,(H,21,25). The lowest BCUT2D eigenvalue weighted by atomic mass is 10.2. The maximum atomic E-state index is 12.5. The van der Waals surface area contributed by atoms with Crippen molar-refractivity contribution >= 4 is 23.2 Å². The van der Waals surface area contributed by atoms with Crippen LogP contribution in [0, 0.1) is 0 Å². The molecule has 3 aromatic heterocycles. The van der Waals surface area contributed by atoms with Crippen LogP contribution in [0.25, 0.3) is 0 Å². The molecule has 0 aliphatic carbocycles. The van der Waals surface area contributed by atoms with E-state index in [1.54, 1.807) is 28.0 Å². The fourth-order valence-corrected chi connectivity index (χ4v) is 2.71. The maximum absolute atomic E-state index is 12.5. The van der Waals surface area contributed by atoms with E-state index < -0.39 is 6.04 Å². The van der Waals surface area contributed by atoms with Crippen molar-refractivity contribution in [3.63, 3.8) is 0 Å². The number of nitrogens with zero attached hydrogens (tertiary/aromatic N) is 6. The van der Waals surface area contributed by atoms with Crippen molar-refractivity contribution in [3.8, 4) is 0 Å². The summed E-state index contributed by atoms with van der Waals surface area (Å²) in [6.45, 7) is 5.39. The Morgan fingerprint density at radius 1 is 1.12 bits per heavy atom. The summed E-state index contributed by atoms with van der Waals surface area (Å²) in [4.78, 5) is 12.5. The van der Waals surface area contributed by atoms with Gasteiger partial charge in [-0.15, -0.1) is 0 Å². The number of aromatic nitrogens is 6. The third kappa shape index (κ3) is 4.08. The largest absolute Gasteiger partial charge is 0.322 e. The van der Waals surface area contributed by atoms with Crippen LogP contribution in [0.1, 0.15) is 31.9 Å². The second kappa shape index (κ2) is 7.52. The van der Waals surface area contributed by atoms with E-state index in [4.69, 9.17) is 11.6 Å². The molecule has 0 saturated carbocycles. The first kappa shape index (κ1) is 17.2. The Kier molecular flexibility index (Phi) is 5.18. The number of hydrogen-bond acceptors (Lipinski definition) is 4. The van der Waals surface area contributed by atoms with Gasteiger partial charge in [0.25, 0.3) is 0 Å². The highest BCUT2D eigenvalue weighted by atomic mass is 35.5. The second-order valence-corrected chi connectivity index (χ2v) is 6.12. The van der Waals surface area contributed by atoms with Gasteiger partial charge in [0.1, 0.15) is 6.04 Å². The summed E-state index contributed by atoms with van der Waals surface area (Å²) in [5.74, 6) is -0.152. The van der Waals surface area contributed by atoms with E-state index in [1.807, 2.05) is 30.9 Å². The first-order chi connectivity index (χ1) is 12.1. The van der Waals surface area contributed by atoms with Gasteiger partial charge in [-0.1, -0.05) is 18.5 Å². The van der Waals surface area contributed by atoms with E-state index in [9.17, 15) is 4.79 Å². The summed E-state index contributed by atoms with van der Waals surface area (Å²) < 4.78 is 5.20. The summed E-state index contributed by atoms with van der Waals surface area (Å²) in [6.07, 6.45) is 11.0. The van der Waals surface area contributed by atoms with Crippen molar-refractivity contribution in [3.05, 3.63) is 47.8 Å². The Morgan fingerprint density at radius 3 is 2.56 bits per heavy atom. The molecule has 0 spiro atoms. The minimum atomic E-state index is -0.418. The fourth-order valence-electron chi connectivity index (χ4n) is 2.57. The van der Waals surface area contributed by atoms with Gasteiger partial charge in [-0.3, -0.25) is 18.8 Å². The number of hydrogen-bond donors (Lipinski definition) is 1. The maximum Gasteiger partial charge on any atom is 0.249 e. The lowest BCUT2D eigenvalue weighted by molar-refractivity contribution is -0.119. The van der Waals surface area contributed by atoms with Gasteiger partial charge in [0, 0.05) is 30.7 Å².